The molecule has 0 amide bonds. The van der Waals surface area contributed by atoms with E-state index in [2.05, 4.69) is 17.4 Å². The minimum Gasteiger partial charge on any atom is -0.497 e. The quantitative estimate of drug-likeness (QED) is 0.806. The Labute approximate surface area is 101 Å². The van der Waals surface area contributed by atoms with Gasteiger partial charge in [-0.05, 0) is 36.5 Å². The molecular weight excluding hydrogens is 218 g/mol. The Kier molecular flexibility index (Phi) is 2.51. The first kappa shape index (κ1) is 10.3. The molecule has 1 N–H and O–H groups in total. The largest absolute Gasteiger partial charge is 0.497 e. The van der Waals surface area contributed by atoms with Crippen molar-refractivity contribution in [2.75, 3.05) is 24.7 Å². The van der Waals surface area contributed by atoms with Gasteiger partial charge in [-0.15, -0.1) is 11.8 Å². The molecule has 1 fully saturated rings. The molecule has 86 valence electrons. The summed E-state index contributed by atoms with van der Waals surface area (Å²) in [7, 11) is 1.73. The summed E-state index contributed by atoms with van der Waals surface area (Å²) in [4.78, 5) is 1.34. The molecule has 0 unspecified atom stereocenters. The number of anilines is 1. The van der Waals surface area contributed by atoms with Crippen LogP contribution in [0.1, 0.15) is 19.3 Å². The Morgan fingerprint density at radius 2 is 2.25 bits per heavy atom. The van der Waals surface area contributed by atoms with Crippen LogP contribution in [0.4, 0.5) is 5.69 Å². The smallest absolute Gasteiger partial charge is 0.120 e. The standard InChI is InChI=1S/C13H17NOS/c1-15-10-3-4-11-12(7-10)16-9-13(8-14-11)5-2-6-13/h3-4,7,14H,2,5-6,8-9H2,1H3. The molecule has 1 heterocycles. The van der Waals surface area contributed by atoms with Crippen LogP contribution in [0.25, 0.3) is 0 Å². The Hall–Kier alpha value is -0.830. The van der Waals surface area contributed by atoms with Crippen molar-refractivity contribution >= 4 is 17.4 Å². The number of hydrogen-bond donors (Lipinski definition) is 1. The maximum absolute atomic E-state index is 5.27. The number of methoxy groups -OCH3 is 1. The highest BCUT2D eigenvalue weighted by Gasteiger charge is 2.38. The van der Waals surface area contributed by atoms with Gasteiger partial charge in [-0.2, -0.15) is 0 Å². The molecule has 0 atom stereocenters. The molecule has 1 aliphatic heterocycles. The first-order chi connectivity index (χ1) is 7.81. The SMILES string of the molecule is COc1ccc2c(c1)SCC1(CCC1)CN2. The predicted octanol–water partition coefficient (Wildman–Crippen LogP) is 3.38. The second-order valence-corrected chi connectivity index (χ2v) is 5.88. The average Bonchev–Trinajstić information content (AvgIpc) is 2.47. The van der Waals surface area contributed by atoms with Crippen molar-refractivity contribution in [1.82, 2.24) is 0 Å². The summed E-state index contributed by atoms with van der Waals surface area (Å²) in [6, 6.07) is 6.31. The Balaban J connectivity index is 1.85. The molecule has 3 rings (SSSR count). The van der Waals surface area contributed by atoms with Gasteiger partial charge in [-0.3, -0.25) is 0 Å². The van der Waals surface area contributed by atoms with Gasteiger partial charge < -0.3 is 10.1 Å². The summed E-state index contributed by atoms with van der Waals surface area (Å²) in [6.45, 7) is 1.14. The van der Waals surface area contributed by atoms with E-state index in [1.54, 1.807) is 7.11 Å². The second-order valence-electron chi connectivity index (χ2n) is 4.86. The van der Waals surface area contributed by atoms with Crippen LogP contribution in [0.5, 0.6) is 5.75 Å². The number of rotatable bonds is 1. The zero-order valence-electron chi connectivity index (χ0n) is 9.58. The third-order valence-electron chi connectivity index (χ3n) is 3.79. The van der Waals surface area contributed by atoms with Crippen LogP contribution in [0.3, 0.4) is 0 Å². The van der Waals surface area contributed by atoms with Gasteiger partial charge in [0.15, 0.2) is 0 Å². The number of nitrogens with one attached hydrogen (secondary N) is 1. The first-order valence-electron chi connectivity index (χ1n) is 5.86. The van der Waals surface area contributed by atoms with Crippen LogP contribution in [-0.2, 0) is 0 Å². The molecule has 1 aromatic rings. The highest BCUT2D eigenvalue weighted by Crippen LogP contribution is 2.48. The van der Waals surface area contributed by atoms with Crippen molar-refractivity contribution in [3.63, 3.8) is 0 Å². The van der Waals surface area contributed by atoms with Crippen molar-refractivity contribution in [3.05, 3.63) is 18.2 Å². The fourth-order valence-electron chi connectivity index (χ4n) is 2.46. The van der Waals surface area contributed by atoms with E-state index < -0.39 is 0 Å². The minimum atomic E-state index is 0.566. The van der Waals surface area contributed by atoms with Gasteiger partial charge in [-0.1, -0.05) is 6.42 Å². The van der Waals surface area contributed by atoms with Crippen LogP contribution in [0, 0.1) is 5.41 Å². The average molecular weight is 235 g/mol. The van der Waals surface area contributed by atoms with E-state index in [9.17, 15) is 0 Å². The molecular formula is C13H17NOS. The number of thioether (sulfide) groups is 1. The van der Waals surface area contributed by atoms with Crippen LogP contribution in [-0.4, -0.2) is 19.4 Å². The van der Waals surface area contributed by atoms with Crippen molar-refractivity contribution in [2.45, 2.75) is 24.2 Å². The molecule has 0 saturated heterocycles. The fourth-order valence-corrected chi connectivity index (χ4v) is 3.81. The molecule has 0 bridgehead atoms. The molecule has 16 heavy (non-hydrogen) atoms. The maximum atomic E-state index is 5.27. The summed E-state index contributed by atoms with van der Waals surface area (Å²) in [5.41, 5.74) is 1.84. The van der Waals surface area contributed by atoms with E-state index in [-0.39, 0.29) is 0 Å². The summed E-state index contributed by atoms with van der Waals surface area (Å²) in [5.74, 6) is 2.21. The van der Waals surface area contributed by atoms with Gasteiger partial charge in [0, 0.05) is 22.9 Å². The van der Waals surface area contributed by atoms with E-state index in [4.69, 9.17) is 4.74 Å². The molecule has 0 aromatic heterocycles. The zero-order valence-corrected chi connectivity index (χ0v) is 10.4. The van der Waals surface area contributed by atoms with Gasteiger partial charge in [-0.25, -0.2) is 0 Å². The number of benzene rings is 1. The summed E-state index contributed by atoms with van der Waals surface area (Å²) in [5, 5.41) is 3.59. The molecule has 3 heteroatoms. The van der Waals surface area contributed by atoms with Crippen molar-refractivity contribution in [1.29, 1.82) is 0 Å². The fraction of sp³-hybridized carbons (Fsp3) is 0.538. The predicted molar refractivity (Wildman–Crippen MR) is 68.5 cm³/mol. The highest BCUT2D eigenvalue weighted by atomic mass is 32.2. The van der Waals surface area contributed by atoms with Gasteiger partial charge in [0.25, 0.3) is 0 Å². The molecule has 2 nitrogen and oxygen atoms in total. The molecule has 1 aromatic carbocycles. The van der Waals surface area contributed by atoms with E-state index in [0.29, 0.717) is 5.41 Å². The molecule has 0 radical (unpaired) electrons. The van der Waals surface area contributed by atoms with E-state index in [0.717, 1.165) is 12.3 Å². The monoisotopic (exact) mass is 235 g/mol. The van der Waals surface area contributed by atoms with Gasteiger partial charge in [0.2, 0.25) is 0 Å². The van der Waals surface area contributed by atoms with Gasteiger partial charge in [0.1, 0.15) is 5.75 Å². The Bertz CT molecular complexity index is 401. The van der Waals surface area contributed by atoms with Crippen molar-refractivity contribution in [3.8, 4) is 5.75 Å². The van der Waals surface area contributed by atoms with E-state index >= 15 is 0 Å². The topological polar surface area (TPSA) is 21.3 Å². The van der Waals surface area contributed by atoms with Crippen molar-refractivity contribution < 1.29 is 4.74 Å². The van der Waals surface area contributed by atoms with Crippen LogP contribution in [0.15, 0.2) is 23.1 Å². The third kappa shape index (κ3) is 1.67. The summed E-state index contributed by atoms with van der Waals surface area (Å²) in [6.07, 6.45) is 4.18. The lowest BCUT2D eigenvalue weighted by atomic mass is 9.70. The first-order valence-corrected chi connectivity index (χ1v) is 6.85. The molecule has 1 aliphatic carbocycles. The van der Waals surface area contributed by atoms with Gasteiger partial charge in [0.05, 0.1) is 7.11 Å². The second kappa shape index (κ2) is 3.88. The molecule has 1 spiro atoms. The number of hydrogen-bond acceptors (Lipinski definition) is 3. The number of fused-ring (bicyclic) bond motifs is 1. The lowest BCUT2D eigenvalue weighted by Crippen LogP contribution is -2.37. The summed E-state index contributed by atoms with van der Waals surface area (Å²) < 4.78 is 5.27. The van der Waals surface area contributed by atoms with E-state index in [1.165, 1.54) is 35.6 Å². The lowest BCUT2D eigenvalue weighted by molar-refractivity contribution is 0.187. The van der Waals surface area contributed by atoms with E-state index in [1.807, 2.05) is 17.8 Å². The van der Waals surface area contributed by atoms with Crippen LogP contribution in [0.2, 0.25) is 0 Å². The zero-order chi connectivity index (χ0) is 11.0. The van der Waals surface area contributed by atoms with Crippen LogP contribution >= 0.6 is 11.8 Å². The highest BCUT2D eigenvalue weighted by molar-refractivity contribution is 7.99. The minimum absolute atomic E-state index is 0.566. The van der Waals surface area contributed by atoms with Gasteiger partial charge >= 0.3 is 0 Å². The molecule has 1 saturated carbocycles. The maximum Gasteiger partial charge on any atom is 0.120 e. The Morgan fingerprint density at radius 1 is 1.38 bits per heavy atom. The number of ether oxygens (including phenoxy) is 1. The van der Waals surface area contributed by atoms with Crippen LogP contribution < -0.4 is 10.1 Å². The Morgan fingerprint density at radius 3 is 2.94 bits per heavy atom. The molecule has 2 aliphatic rings. The normalized spacial score (nSPS) is 21.6. The summed E-state index contributed by atoms with van der Waals surface area (Å²) >= 11 is 1.98. The van der Waals surface area contributed by atoms with Crippen molar-refractivity contribution in [2.24, 2.45) is 5.41 Å². The lowest BCUT2D eigenvalue weighted by Gasteiger charge is -2.40. The third-order valence-corrected chi connectivity index (χ3v) is 5.20.